The lowest BCUT2D eigenvalue weighted by Gasteiger charge is -2.32. The zero-order chi connectivity index (χ0) is 19.3. The quantitative estimate of drug-likeness (QED) is 0.646. The topological polar surface area (TPSA) is 21.1 Å². The first-order valence-electron chi connectivity index (χ1n) is 11.5. The van der Waals surface area contributed by atoms with Gasteiger partial charge in [0.15, 0.2) is 0 Å². The van der Waals surface area contributed by atoms with Gasteiger partial charge in [0.1, 0.15) is 0 Å². The van der Waals surface area contributed by atoms with Crippen molar-refractivity contribution in [2.75, 3.05) is 13.1 Å². The monoisotopic (exact) mass is 379 g/mol. The summed E-state index contributed by atoms with van der Waals surface area (Å²) < 4.78 is 2.16. The molecule has 152 valence electrons. The number of hydrogen-bond acceptors (Lipinski definition) is 2. The first-order valence-corrected chi connectivity index (χ1v) is 11.5. The number of hydrogen-bond donors (Lipinski definition) is 0. The average molecular weight is 380 g/mol. The molecule has 1 aromatic carbocycles. The molecular weight excluding hydrogens is 342 g/mol. The predicted octanol–water partition coefficient (Wildman–Crippen LogP) is 5.65. The van der Waals surface area contributed by atoms with Crippen LogP contribution in [0.25, 0.3) is 0 Å². The number of likely N-dealkylation sites (tertiary alicyclic amines) is 1. The fourth-order valence-corrected chi connectivity index (χ4v) is 5.03. The third-order valence-corrected chi connectivity index (χ3v) is 7.12. The second-order valence-corrected chi connectivity index (χ2v) is 9.34. The normalized spacial score (nSPS) is 24.5. The third kappa shape index (κ3) is 5.05. The summed E-state index contributed by atoms with van der Waals surface area (Å²) in [7, 11) is 0. The van der Waals surface area contributed by atoms with Crippen molar-refractivity contribution in [3.05, 3.63) is 53.3 Å². The van der Waals surface area contributed by atoms with Crippen molar-refractivity contribution in [2.24, 2.45) is 11.8 Å². The third-order valence-electron chi connectivity index (χ3n) is 7.12. The van der Waals surface area contributed by atoms with Crippen molar-refractivity contribution in [3.8, 4) is 0 Å². The van der Waals surface area contributed by atoms with Crippen LogP contribution in [0.1, 0.15) is 75.0 Å². The van der Waals surface area contributed by atoms with Crippen LogP contribution in [0, 0.1) is 11.8 Å². The first kappa shape index (κ1) is 19.7. The molecule has 1 saturated carbocycles. The second kappa shape index (κ2) is 9.26. The Hall–Kier alpha value is -1.61. The van der Waals surface area contributed by atoms with Gasteiger partial charge in [-0.2, -0.15) is 5.10 Å². The van der Waals surface area contributed by atoms with Crippen LogP contribution in [0.5, 0.6) is 0 Å². The van der Waals surface area contributed by atoms with E-state index in [4.69, 9.17) is 0 Å². The molecule has 2 heterocycles. The van der Waals surface area contributed by atoms with Crippen molar-refractivity contribution in [3.63, 3.8) is 0 Å². The lowest BCUT2D eigenvalue weighted by molar-refractivity contribution is 0.164. The molecule has 1 aliphatic heterocycles. The van der Waals surface area contributed by atoms with Crippen molar-refractivity contribution < 1.29 is 0 Å². The van der Waals surface area contributed by atoms with Gasteiger partial charge in [-0.1, -0.05) is 51.0 Å². The lowest BCUT2D eigenvalue weighted by Crippen LogP contribution is -2.34. The van der Waals surface area contributed by atoms with Gasteiger partial charge in [0.05, 0.1) is 6.20 Å². The van der Waals surface area contributed by atoms with E-state index in [1.807, 2.05) is 6.20 Å². The fourth-order valence-electron chi connectivity index (χ4n) is 5.03. The molecule has 0 N–H and O–H groups in total. The number of aromatic nitrogens is 2. The summed E-state index contributed by atoms with van der Waals surface area (Å²) in [6.07, 6.45) is 13.5. The highest BCUT2D eigenvalue weighted by Crippen LogP contribution is 2.35. The van der Waals surface area contributed by atoms with Gasteiger partial charge in [0, 0.05) is 19.3 Å². The van der Waals surface area contributed by atoms with Crippen LogP contribution in [0.3, 0.4) is 0 Å². The largest absolute Gasteiger partial charge is 0.299 e. The highest BCUT2D eigenvalue weighted by Gasteiger charge is 2.21. The maximum absolute atomic E-state index is 4.52. The zero-order valence-electron chi connectivity index (χ0n) is 17.8. The number of aryl methyl sites for hydroxylation is 1. The van der Waals surface area contributed by atoms with Crippen molar-refractivity contribution >= 4 is 0 Å². The van der Waals surface area contributed by atoms with Crippen LogP contribution >= 0.6 is 0 Å². The summed E-state index contributed by atoms with van der Waals surface area (Å²) in [4.78, 5) is 2.63. The first-order chi connectivity index (χ1) is 13.7. The molecule has 2 aromatic rings. The van der Waals surface area contributed by atoms with Gasteiger partial charge in [-0.05, 0) is 79.6 Å². The Kier molecular flexibility index (Phi) is 6.51. The minimum absolute atomic E-state index is 0.775. The average Bonchev–Trinajstić information content (AvgIpc) is 3.18. The molecule has 3 heteroatoms. The maximum Gasteiger partial charge on any atom is 0.0521 e. The molecule has 0 unspecified atom stereocenters. The zero-order valence-corrected chi connectivity index (χ0v) is 17.8. The summed E-state index contributed by atoms with van der Waals surface area (Å²) in [5.41, 5.74) is 4.40. The van der Waals surface area contributed by atoms with Crippen molar-refractivity contribution in [1.29, 1.82) is 0 Å². The fraction of sp³-hybridized carbons (Fsp3) is 0.640. The molecule has 3 nitrogen and oxygen atoms in total. The van der Waals surface area contributed by atoms with Gasteiger partial charge in [-0.25, -0.2) is 0 Å². The standard InChI is InChI=1S/C25H37N3/c1-3-21-16-26-28(18-21)19-23-12-14-27(15-13-23)17-22-6-10-25(11-7-22)24-8-4-20(2)5-9-24/h6-7,10-11,16,18,20,23-24H,3-5,8-9,12-15,17,19H2,1-2H3. The molecule has 2 fully saturated rings. The molecule has 2 aliphatic rings. The second-order valence-electron chi connectivity index (χ2n) is 9.34. The lowest BCUT2D eigenvalue weighted by atomic mass is 9.79. The van der Waals surface area contributed by atoms with E-state index in [0.717, 1.165) is 37.3 Å². The maximum atomic E-state index is 4.52. The summed E-state index contributed by atoms with van der Waals surface area (Å²) in [6.45, 7) is 9.23. The Morgan fingerprint density at radius 1 is 0.929 bits per heavy atom. The number of benzene rings is 1. The van der Waals surface area contributed by atoms with Crippen LogP contribution in [-0.4, -0.2) is 27.8 Å². The molecule has 1 aromatic heterocycles. The Morgan fingerprint density at radius 3 is 2.29 bits per heavy atom. The summed E-state index contributed by atoms with van der Waals surface area (Å²) in [5, 5.41) is 4.52. The number of rotatable bonds is 6. The van der Waals surface area contributed by atoms with Crippen molar-refractivity contribution in [1.82, 2.24) is 14.7 Å². The van der Waals surface area contributed by atoms with Crippen LogP contribution in [0.4, 0.5) is 0 Å². The SMILES string of the molecule is CCc1cnn(CC2CCN(Cc3ccc(C4CCC(C)CC4)cc3)CC2)c1. The number of piperidine rings is 1. The summed E-state index contributed by atoms with van der Waals surface area (Å²) in [6, 6.07) is 9.59. The van der Waals surface area contributed by atoms with Crippen molar-refractivity contribution in [2.45, 2.75) is 77.8 Å². The van der Waals surface area contributed by atoms with E-state index in [9.17, 15) is 0 Å². The molecule has 0 atom stereocenters. The number of nitrogens with zero attached hydrogens (tertiary/aromatic N) is 3. The molecule has 0 radical (unpaired) electrons. The van der Waals surface area contributed by atoms with Gasteiger partial charge < -0.3 is 0 Å². The molecule has 0 spiro atoms. The minimum Gasteiger partial charge on any atom is -0.299 e. The van der Waals surface area contributed by atoms with Gasteiger partial charge in [-0.3, -0.25) is 9.58 Å². The Bertz CT molecular complexity index is 717. The molecule has 1 aliphatic carbocycles. The van der Waals surface area contributed by atoms with E-state index in [0.29, 0.717) is 0 Å². The predicted molar refractivity (Wildman–Crippen MR) is 116 cm³/mol. The molecule has 0 amide bonds. The van der Waals surface area contributed by atoms with E-state index in [2.05, 4.69) is 59.0 Å². The summed E-state index contributed by atoms with van der Waals surface area (Å²) in [5.74, 6) is 2.51. The van der Waals surface area contributed by atoms with Gasteiger partial charge >= 0.3 is 0 Å². The molecule has 4 rings (SSSR count). The smallest absolute Gasteiger partial charge is 0.0521 e. The molecule has 28 heavy (non-hydrogen) atoms. The highest BCUT2D eigenvalue weighted by molar-refractivity contribution is 5.26. The van der Waals surface area contributed by atoms with E-state index in [-0.39, 0.29) is 0 Å². The Labute approximate surface area is 171 Å². The van der Waals surface area contributed by atoms with E-state index >= 15 is 0 Å². The van der Waals surface area contributed by atoms with E-state index in [1.165, 1.54) is 62.7 Å². The van der Waals surface area contributed by atoms with Gasteiger partial charge in [-0.15, -0.1) is 0 Å². The van der Waals surface area contributed by atoms with Gasteiger partial charge in [0.25, 0.3) is 0 Å². The Balaban J connectivity index is 1.23. The summed E-state index contributed by atoms with van der Waals surface area (Å²) >= 11 is 0. The van der Waals surface area contributed by atoms with Crippen LogP contribution in [0.15, 0.2) is 36.7 Å². The van der Waals surface area contributed by atoms with E-state index < -0.39 is 0 Å². The van der Waals surface area contributed by atoms with Crippen LogP contribution < -0.4 is 0 Å². The van der Waals surface area contributed by atoms with Gasteiger partial charge in [0.2, 0.25) is 0 Å². The Morgan fingerprint density at radius 2 is 1.64 bits per heavy atom. The highest BCUT2D eigenvalue weighted by atomic mass is 15.3. The molecule has 1 saturated heterocycles. The molecular formula is C25H37N3. The van der Waals surface area contributed by atoms with Crippen LogP contribution in [0.2, 0.25) is 0 Å². The van der Waals surface area contributed by atoms with Crippen LogP contribution in [-0.2, 0) is 19.5 Å². The van der Waals surface area contributed by atoms with E-state index in [1.54, 1.807) is 5.56 Å². The molecule has 0 bridgehead atoms. The minimum atomic E-state index is 0.775.